The van der Waals surface area contributed by atoms with E-state index in [-0.39, 0.29) is 36.0 Å². The van der Waals surface area contributed by atoms with Gasteiger partial charge in [-0.3, -0.25) is 14.5 Å². The molecule has 212 valence electrons. The molecule has 1 aromatic rings. The van der Waals surface area contributed by atoms with Gasteiger partial charge in [0.15, 0.2) is 0 Å². The molecule has 3 fully saturated rings. The molecule has 7 heteroatoms. The molecule has 3 aliphatic rings. The van der Waals surface area contributed by atoms with Gasteiger partial charge in [0.25, 0.3) is 5.91 Å². The third kappa shape index (κ3) is 7.57. The molecule has 2 aliphatic heterocycles. The quantitative estimate of drug-likeness (QED) is 0.511. The topological polar surface area (TPSA) is 82.1 Å². The number of rotatable bonds is 9. The van der Waals surface area contributed by atoms with Crippen molar-refractivity contribution in [2.75, 3.05) is 26.2 Å². The molecule has 2 N–H and O–H groups in total. The van der Waals surface area contributed by atoms with Crippen LogP contribution in [0.25, 0.3) is 0 Å². The summed E-state index contributed by atoms with van der Waals surface area (Å²) in [6.07, 6.45) is 6.83. The van der Waals surface area contributed by atoms with Crippen molar-refractivity contribution in [1.29, 1.82) is 0 Å². The summed E-state index contributed by atoms with van der Waals surface area (Å²) in [7, 11) is 0. The highest BCUT2D eigenvalue weighted by Crippen LogP contribution is 2.39. The van der Waals surface area contributed by atoms with E-state index in [1.54, 1.807) is 0 Å². The first kappa shape index (κ1) is 29.0. The van der Waals surface area contributed by atoms with E-state index in [0.717, 1.165) is 24.9 Å². The molecule has 1 aliphatic carbocycles. The Labute approximate surface area is 229 Å². The van der Waals surface area contributed by atoms with Crippen molar-refractivity contribution in [3.05, 3.63) is 35.9 Å². The number of benzene rings is 1. The van der Waals surface area contributed by atoms with Crippen LogP contribution in [0.2, 0.25) is 0 Å². The van der Waals surface area contributed by atoms with Gasteiger partial charge in [-0.25, -0.2) is 0 Å². The first-order valence-corrected chi connectivity index (χ1v) is 14.8. The Morgan fingerprint density at radius 3 is 2.53 bits per heavy atom. The van der Waals surface area contributed by atoms with Crippen LogP contribution >= 0.6 is 0 Å². The van der Waals surface area contributed by atoms with E-state index in [2.05, 4.69) is 29.3 Å². The van der Waals surface area contributed by atoms with Gasteiger partial charge < -0.3 is 20.1 Å². The summed E-state index contributed by atoms with van der Waals surface area (Å²) >= 11 is 0. The summed E-state index contributed by atoms with van der Waals surface area (Å²) in [4.78, 5) is 30.9. The number of carbonyl (C=O) groups excluding carboxylic acids is 2. The highest BCUT2D eigenvalue weighted by atomic mass is 16.5. The Morgan fingerprint density at radius 1 is 1.13 bits per heavy atom. The van der Waals surface area contributed by atoms with E-state index in [1.807, 2.05) is 43.9 Å². The molecule has 2 amide bonds. The van der Waals surface area contributed by atoms with Crippen LogP contribution in [0.5, 0.6) is 0 Å². The SMILES string of the molecule is CCCC1OCC(Cc2ccccc2)N(CC(O)CN2C[C@H]3CCCC[C@H]3CC2C(=O)NC(C)(C)C)C1=O. The number of aliphatic hydroxyl groups is 1. The van der Waals surface area contributed by atoms with E-state index in [1.165, 1.54) is 25.7 Å². The fourth-order valence-electron chi connectivity index (χ4n) is 6.70. The Balaban J connectivity index is 1.47. The summed E-state index contributed by atoms with van der Waals surface area (Å²) in [5.41, 5.74) is 0.852. The number of piperidine rings is 1. The number of likely N-dealkylation sites (tertiary alicyclic amines) is 1. The lowest BCUT2D eigenvalue weighted by atomic mass is 9.72. The number of β-amino-alcohol motifs (C(OH)–C–C–N with tert-alkyl or cyclic N) is 1. The highest BCUT2D eigenvalue weighted by Gasteiger charge is 2.42. The predicted octanol–water partition coefficient (Wildman–Crippen LogP) is 3.78. The molecule has 2 saturated heterocycles. The van der Waals surface area contributed by atoms with Gasteiger partial charge >= 0.3 is 0 Å². The summed E-state index contributed by atoms with van der Waals surface area (Å²) in [5.74, 6) is 1.20. The van der Waals surface area contributed by atoms with Crippen molar-refractivity contribution in [3.8, 4) is 0 Å². The molecule has 4 unspecified atom stereocenters. The maximum absolute atomic E-state index is 13.5. The minimum atomic E-state index is -0.734. The van der Waals surface area contributed by atoms with Crippen molar-refractivity contribution in [2.24, 2.45) is 11.8 Å². The van der Waals surface area contributed by atoms with Gasteiger partial charge in [-0.05, 0) is 63.9 Å². The first-order valence-electron chi connectivity index (χ1n) is 14.8. The normalized spacial score (nSPS) is 29.6. The van der Waals surface area contributed by atoms with Crippen LogP contribution < -0.4 is 5.32 Å². The number of hydrogen-bond acceptors (Lipinski definition) is 5. The Bertz CT molecular complexity index is 917. The molecule has 0 bridgehead atoms. The van der Waals surface area contributed by atoms with Crippen LogP contribution in [-0.2, 0) is 20.7 Å². The Hall–Kier alpha value is -1.96. The number of morpholine rings is 1. The van der Waals surface area contributed by atoms with Crippen LogP contribution in [0.3, 0.4) is 0 Å². The fourth-order valence-corrected chi connectivity index (χ4v) is 6.70. The van der Waals surface area contributed by atoms with Crippen LogP contribution in [0, 0.1) is 11.8 Å². The van der Waals surface area contributed by atoms with Gasteiger partial charge in [0, 0.05) is 25.2 Å². The number of hydrogen-bond donors (Lipinski definition) is 2. The summed E-state index contributed by atoms with van der Waals surface area (Å²) < 4.78 is 6.00. The van der Waals surface area contributed by atoms with Gasteiger partial charge in [-0.2, -0.15) is 0 Å². The molecular formula is C31H49N3O4. The minimum absolute atomic E-state index is 0.0221. The number of carbonyl (C=O) groups is 2. The van der Waals surface area contributed by atoms with Crippen molar-refractivity contribution in [3.63, 3.8) is 0 Å². The van der Waals surface area contributed by atoms with Crippen LogP contribution in [0.4, 0.5) is 0 Å². The molecule has 0 aromatic heterocycles. The zero-order valence-electron chi connectivity index (χ0n) is 23.9. The van der Waals surface area contributed by atoms with Gasteiger partial charge in [-0.1, -0.05) is 62.9 Å². The molecular weight excluding hydrogens is 478 g/mol. The van der Waals surface area contributed by atoms with Crippen LogP contribution in [0.15, 0.2) is 30.3 Å². The molecule has 1 aromatic carbocycles. The maximum atomic E-state index is 13.5. The second-order valence-corrected chi connectivity index (χ2v) is 12.8. The number of amides is 2. The fraction of sp³-hybridized carbons (Fsp3) is 0.742. The van der Waals surface area contributed by atoms with E-state index in [0.29, 0.717) is 37.8 Å². The molecule has 1 saturated carbocycles. The zero-order chi connectivity index (χ0) is 27.3. The monoisotopic (exact) mass is 527 g/mol. The summed E-state index contributed by atoms with van der Waals surface area (Å²) in [5, 5.41) is 14.6. The first-order chi connectivity index (χ1) is 18.1. The van der Waals surface area contributed by atoms with Gasteiger partial charge in [-0.15, -0.1) is 0 Å². The van der Waals surface area contributed by atoms with E-state index in [9.17, 15) is 14.7 Å². The zero-order valence-corrected chi connectivity index (χ0v) is 23.9. The van der Waals surface area contributed by atoms with Crippen molar-refractivity contribution in [2.45, 2.75) is 109 Å². The third-order valence-electron chi connectivity index (χ3n) is 8.51. The molecule has 0 radical (unpaired) electrons. The summed E-state index contributed by atoms with van der Waals surface area (Å²) in [6.45, 7) is 10.1. The van der Waals surface area contributed by atoms with E-state index < -0.39 is 12.2 Å². The number of nitrogens with one attached hydrogen (secondary N) is 1. The molecule has 38 heavy (non-hydrogen) atoms. The van der Waals surface area contributed by atoms with Crippen molar-refractivity contribution in [1.82, 2.24) is 15.1 Å². The number of aliphatic hydroxyl groups excluding tert-OH is 1. The second kappa shape index (κ2) is 12.9. The molecule has 4 rings (SSSR count). The van der Waals surface area contributed by atoms with Crippen LogP contribution in [-0.4, -0.2) is 82.8 Å². The second-order valence-electron chi connectivity index (χ2n) is 12.8. The lowest BCUT2D eigenvalue weighted by molar-refractivity contribution is -0.163. The van der Waals surface area contributed by atoms with Gasteiger partial charge in [0.1, 0.15) is 6.10 Å². The van der Waals surface area contributed by atoms with E-state index >= 15 is 0 Å². The average Bonchev–Trinajstić information content (AvgIpc) is 2.87. The Morgan fingerprint density at radius 2 is 1.84 bits per heavy atom. The molecule has 6 atom stereocenters. The van der Waals surface area contributed by atoms with Crippen LogP contribution in [0.1, 0.15) is 78.2 Å². The largest absolute Gasteiger partial charge is 0.390 e. The van der Waals surface area contributed by atoms with Crippen molar-refractivity contribution >= 4 is 11.8 Å². The minimum Gasteiger partial charge on any atom is -0.390 e. The average molecular weight is 528 g/mol. The number of ether oxygens (including phenoxy) is 1. The predicted molar refractivity (Wildman–Crippen MR) is 150 cm³/mol. The summed E-state index contributed by atoms with van der Waals surface area (Å²) in [6, 6.07) is 9.81. The maximum Gasteiger partial charge on any atom is 0.252 e. The van der Waals surface area contributed by atoms with Gasteiger partial charge in [0.2, 0.25) is 5.91 Å². The lowest BCUT2D eigenvalue weighted by Gasteiger charge is -2.47. The smallest absolute Gasteiger partial charge is 0.252 e. The standard InChI is InChI=1S/C31H49N3O4/c1-5-11-28-30(37)34(25(21-38-28)16-22-12-7-6-8-13-22)20-26(35)19-33-18-24-15-10-9-14-23(24)17-27(33)29(36)32-31(2,3)4/h6-8,12-13,23-28,35H,5,9-11,14-21H2,1-4H3,(H,32,36)/t23-,24+,25?,26?,27?,28?/m0/s1. The Kier molecular flexibility index (Phi) is 9.88. The lowest BCUT2D eigenvalue weighted by Crippen LogP contribution is -2.60. The highest BCUT2D eigenvalue weighted by molar-refractivity contribution is 5.83. The third-order valence-corrected chi connectivity index (χ3v) is 8.51. The van der Waals surface area contributed by atoms with E-state index in [4.69, 9.17) is 4.74 Å². The number of nitrogens with zero attached hydrogens (tertiary/aromatic N) is 2. The van der Waals surface area contributed by atoms with Crippen molar-refractivity contribution < 1.29 is 19.4 Å². The van der Waals surface area contributed by atoms with Gasteiger partial charge in [0.05, 0.1) is 24.8 Å². The molecule has 2 heterocycles. The number of fused-ring (bicyclic) bond motifs is 1. The molecule has 0 spiro atoms. The molecule has 7 nitrogen and oxygen atoms in total.